The van der Waals surface area contributed by atoms with Gasteiger partial charge >= 0.3 is 5.97 Å². The minimum Gasteiger partial charge on any atom is -0.469 e. The van der Waals surface area contributed by atoms with Crippen LogP contribution in [0.4, 0.5) is 0 Å². The summed E-state index contributed by atoms with van der Waals surface area (Å²) in [6, 6.07) is 0.157. The summed E-state index contributed by atoms with van der Waals surface area (Å²) < 4.78 is 15.5. The van der Waals surface area contributed by atoms with Crippen LogP contribution in [0.25, 0.3) is 0 Å². The van der Waals surface area contributed by atoms with E-state index in [-0.39, 0.29) is 31.3 Å². The second-order valence-electron chi connectivity index (χ2n) is 5.46. The van der Waals surface area contributed by atoms with E-state index >= 15 is 0 Å². The van der Waals surface area contributed by atoms with Gasteiger partial charge in [-0.1, -0.05) is 6.92 Å². The molecule has 1 amide bonds. The van der Waals surface area contributed by atoms with Crippen LogP contribution in [0.1, 0.15) is 34.1 Å². The van der Waals surface area contributed by atoms with Gasteiger partial charge in [0.2, 0.25) is 5.91 Å². The van der Waals surface area contributed by atoms with Gasteiger partial charge in [0, 0.05) is 24.5 Å². The van der Waals surface area contributed by atoms with Crippen LogP contribution in [0.2, 0.25) is 0 Å². The number of hydrogen-bond acceptors (Lipinski definition) is 6. The van der Waals surface area contributed by atoms with Crippen LogP contribution >= 0.6 is 11.8 Å². The molecule has 0 aliphatic carbocycles. The molecule has 2 atom stereocenters. The molecule has 0 fully saturated rings. The molecule has 0 bridgehead atoms. The Bertz CT molecular complexity index is 340. The average molecular weight is 335 g/mol. The highest BCUT2D eigenvalue weighted by Crippen LogP contribution is 2.23. The van der Waals surface area contributed by atoms with Gasteiger partial charge in [0.15, 0.2) is 0 Å². The van der Waals surface area contributed by atoms with E-state index in [1.54, 1.807) is 11.8 Å². The smallest absolute Gasteiger partial charge is 0.313 e. The molecule has 0 heterocycles. The maximum Gasteiger partial charge on any atom is 0.313 e. The summed E-state index contributed by atoms with van der Waals surface area (Å²) in [7, 11) is 1.38. The fraction of sp³-hybridized carbons (Fsp3) is 0.867. The van der Waals surface area contributed by atoms with Gasteiger partial charge in [-0.25, -0.2) is 0 Å². The quantitative estimate of drug-likeness (QED) is 0.333. The largest absolute Gasteiger partial charge is 0.469 e. The highest BCUT2D eigenvalue weighted by Gasteiger charge is 2.32. The zero-order valence-electron chi connectivity index (χ0n) is 14.3. The molecule has 130 valence electrons. The first kappa shape index (κ1) is 21.2. The third-order valence-electron chi connectivity index (χ3n) is 3.24. The van der Waals surface area contributed by atoms with Crippen LogP contribution in [-0.2, 0) is 23.8 Å². The van der Waals surface area contributed by atoms with E-state index < -0.39 is 5.41 Å². The summed E-state index contributed by atoms with van der Waals surface area (Å²) in [4.78, 5) is 22.5. The standard InChI is InChI=1S/C15H29NO5S/c1-6-15(4,14(18)19-5)10-21-11-20-7-8-22-9-12(2)16-13(3)17/h12H,6-11H2,1-5H3,(H,16,17). The number of thioether (sulfide) groups is 1. The molecule has 0 aliphatic rings. The molecular weight excluding hydrogens is 306 g/mol. The molecule has 22 heavy (non-hydrogen) atoms. The number of esters is 1. The van der Waals surface area contributed by atoms with Gasteiger partial charge in [-0.05, 0) is 20.3 Å². The van der Waals surface area contributed by atoms with Crippen LogP contribution in [0, 0.1) is 5.41 Å². The third-order valence-corrected chi connectivity index (χ3v) is 4.43. The highest BCUT2D eigenvalue weighted by molar-refractivity contribution is 7.99. The lowest BCUT2D eigenvalue weighted by molar-refractivity contribution is -0.159. The number of hydrogen-bond donors (Lipinski definition) is 1. The average Bonchev–Trinajstić information content (AvgIpc) is 2.47. The Morgan fingerprint density at radius 2 is 2.00 bits per heavy atom. The second kappa shape index (κ2) is 11.7. The van der Waals surface area contributed by atoms with Crippen LogP contribution in [0.5, 0.6) is 0 Å². The Balaban J connectivity index is 3.61. The van der Waals surface area contributed by atoms with Gasteiger partial charge in [-0.15, -0.1) is 0 Å². The molecule has 0 saturated heterocycles. The van der Waals surface area contributed by atoms with Gasteiger partial charge in [-0.2, -0.15) is 11.8 Å². The summed E-state index contributed by atoms with van der Waals surface area (Å²) in [5.74, 6) is 1.40. The highest BCUT2D eigenvalue weighted by atomic mass is 32.2. The van der Waals surface area contributed by atoms with Crippen molar-refractivity contribution in [2.24, 2.45) is 5.41 Å². The van der Waals surface area contributed by atoms with E-state index in [2.05, 4.69) is 5.32 Å². The molecule has 2 unspecified atom stereocenters. The van der Waals surface area contributed by atoms with E-state index in [0.29, 0.717) is 13.0 Å². The van der Waals surface area contributed by atoms with Crippen molar-refractivity contribution in [1.82, 2.24) is 5.32 Å². The topological polar surface area (TPSA) is 73.9 Å². The minimum absolute atomic E-state index is 0.0117. The first-order chi connectivity index (χ1) is 10.4. The number of nitrogens with one attached hydrogen (secondary N) is 1. The Morgan fingerprint density at radius 3 is 2.55 bits per heavy atom. The fourth-order valence-electron chi connectivity index (χ4n) is 1.70. The molecule has 0 aromatic heterocycles. The monoisotopic (exact) mass is 335 g/mol. The van der Waals surface area contributed by atoms with Crippen LogP contribution in [0.3, 0.4) is 0 Å². The van der Waals surface area contributed by atoms with Crippen molar-refractivity contribution in [3.8, 4) is 0 Å². The Labute approximate surface area is 137 Å². The third kappa shape index (κ3) is 9.27. The van der Waals surface area contributed by atoms with E-state index in [9.17, 15) is 9.59 Å². The van der Waals surface area contributed by atoms with Gasteiger partial charge in [0.25, 0.3) is 0 Å². The zero-order valence-corrected chi connectivity index (χ0v) is 15.1. The lowest BCUT2D eigenvalue weighted by Gasteiger charge is -2.24. The molecule has 7 heteroatoms. The Morgan fingerprint density at radius 1 is 1.32 bits per heavy atom. The predicted octanol–water partition coefficient (Wildman–Crippen LogP) is 1.82. The molecule has 0 aliphatic heterocycles. The summed E-state index contributed by atoms with van der Waals surface area (Å²) in [5, 5.41) is 2.82. The lowest BCUT2D eigenvalue weighted by Crippen LogP contribution is -2.33. The number of carbonyl (C=O) groups is 2. The molecule has 0 rings (SSSR count). The van der Waals surface area contributed by atoms with Crippen molar-refractivity contribution in [1.29, 1.82) is 0 Å². The molecule has 0 saturated carbocycles. The van der Waals surface area contributed by atoms with Crippen molar-refractivity contribution >= 4 is 23.6 Å². The van der Waals surface area contributed by atoms with Gasteiger partial charge in [0.1, 0.15) is 6.79 Å². The van der Waals surface area contributed by atoms with Crippen LogP contribution in [0.15, 0.2) is 0 Å². The number of amides is 1. The Kier molecular flexibility index (Phi) is 11.3. The van der Waals surface area contributed by atoms with Crippen molar-refractivity contribution in [3.05, 3.63) is 0 Å². The molecule has 0 radical (unpaired) electrons. The number of rotatable bonds is 12. The van der Waals surface area contributed by atoms with E-state index in [1.807, 2.05) is 20.8 Å². The summed E-state index contributed by atoms with van der Waals surface area (Å²) in [5.41, 5.74) is -0.624. The molecule has 0 aromatic rings. The lowest BCUT2D eigenvalue weighted by atomic mass is 9.89. The van der Waals surface area contributed by atoms with Crippen molar-refractivity contribution < 1.29 is 23.8 Å². The maximum atomic E-state index is 11.6. The predicted molar refractivity (Wildman–Crippen MR) is 87.8 cm³/mol. The summed E-state index contributed by atoms with van der Waals surface area (Å²) in [6.07, 6.45) is 0.649. The van der Waals surface area contributed by atoms with Crippen molar-refractivity contribution in [2.45, 2.75) is 40.2 Å². The van der Waals surface area contributed by atoms with Crippen LogP contribution in [-0.4, -0.2) is 56.5 Å². The second-order valence-corrected chi connectivity index (χ2v) is 6.61. The first-order valence-corrected chi connectivity index (χ1v) is 8.60. The van der Waals surface area contributed by atoms with Gasteiger partial charge in [0.05, 0.1) is 25.7 Å². The van der Waals surface area contributed by atoms with Crippen molar-refractivity contribution in [2.75, 3.05) is 38.6 Å². The number of carbonyl (C=O) groups excluding carboxylic acids is 2. The molecular formula is C15H29NO5S. The van der Waals surface area contributed by atoms with Crippen LogP contribution < -0.4 is 5.32 Å². The summed E-state index contributed by atoms with van der Waals surface area (Å²) >= 11 is 1.71. The molecule has 1 N–H and O–H groups in total. The first-order valence-electron chi connectivity index (χ1n) is 7.44. The van der Waals surface area contributed by atoms with Gasteiger partial charge in [-0.3, -0.25) is 9.59 Å². The maximum absolute atomic E-state index is 11.6. The molecule has 0 aromatic carbocycles. The Hall–Kier alpha value is -0.790. The van der Waals surface area contributed by atoms with Crippen molar-refractivity contribution in [3.63, 3.8) is 0 Å². The number of ether oxygens (including phenoxy) is 3. The van der Waals surface area contributed by atoms with E-state index in [4.69, 9.17) is 14.2 Å². The van der Waals surface area contributed by atoms with E-state index in [0.717, 1.165) is 11.5 Å². The molecule has 6 nitrogen and oxygen atoms in total. The SMILES string of the molecule is CCC(C)(COCOCCSCC(C)NC(C)=O)C(=O)OC. The summed E-state index contributed by atoms with van der Waals surface area (Å²) in [6.45, 7) is 8.23. The molecule has 0 spiro atoms. The normalized spacial score (nSPS) is 15.0. The minimum atomic E-state index is -0.624. The fourth-order valence-corrected chi connectivity index (χ4v) is 2.54. The van der Waals surface area contributed by atoms with Gasteiger partial charge < -0.3 is 19.5 Å². The zero-order chi connectivity index (χ0) is 17.0. The number of methoxy groups -OCH3 is 1. The van der Waals surface area contributed by atoms with E-state index in [1.165, 1.54) is 14.0 Å².